The molecule has 2 rings (SSSR count). The number of nitrogens with two attached hydrogens (primary N) is 1. The summed E-state index contributed by atoms with van der Waals surface area (Å²) in [4.78, 5) is 4.11. The van der Waals surface area contributed by atoms with E-state index < -0.39 is 11.6 Å². The van der Waals surface area contributed by atoms with Gasteiger partial charge in [0.25, 0.3) is 0 Å². The first-order valence-corrected chi connectivity index (χ1v) is 7.04. The Kier molecular flexibility index (Phi) is 7.41. The SMILES string of the molecule is Cc1cc(C)cc(NC(N)=NCCc2c(F)cccc2F)c1.I. The van der Waals surface area contributed by atoms with Gasteiger partial charge in [-0.05, 0) is 55.7 Å². The Labute approximate surface area is 152 Å². The van der Waals surface area contributed by atoms with Gasteiger partial charge in [-0.25, -0.2) is 8.78 Å². The Morgan fingerprint density at radius 1 is 1.09 bits per heavy atom. The summed E-state index contributed by atoms with van der Waals surface area (Å²) in [6.07, 6.45) is 0.160. The van der Waals surface area contributed by atoms with E-state index >= 15 is 0 Å². The van der Waals surface area contributed by atoms with Crippen molar-refractivity contribution in [1.29, 1.82) is 0 Å². The highest BCUT2D eigenvalue weighted by molar-refractivity contribution is 14.0. The maximum atomic E-state index is 13.5. The molecule has 2 aromatic carbocycles. The second-order valence-corrected chi connectivity index (χ2v) is 5.22. The van der Waals surface area contributed by atoms with Crippen LogP contribution in [0.5, 0.6) is 0 Å². The Balaban J connectivity index is 0.00000264. The van der Waals surface area contributed by atoms with Crippen molar-refractivity contribution in [2.24, 2.45) is 10.7 Å². The summed E-state index contributed by atoms with van der Waals surface area (Å²) in [5, 5.41) is 2.98. The van der Waals surface area contributed by atoms with E-state index in [0.29, 0.717) is 0 Å². The largest absolute Gasteiger partial charge is 0.370 e. The fourth-order valence-corrected chi connectivity index (χ4v) is 2.29. The first-order valence-electron chi connectivity index (χ1n) is 7.04. The average Bonchev–Trinajstić information content (AvgIpc) is 2.41. The highest BCUT2D eigenvalue weighted by Crippen LogP contribution is 2.14. The maximum Gasteiger partial charge on any atom is 0.193 e. The van der Waals surface area contributed by atoms with Crippen molar-refractivity contribution < 1.29 is 8.78 Å². The lowest BCUT2D eigenvalue weighted by Gasteiger charge is -2.08. The van der Waals surface area contributed by atoms with Crippen LogP contribution in [0.3, 0.4) is 0 Å². The molecule has 0 aromatic heterocycles. The molecule has 124 valence electrons. The predicted octanol–water partition coefficient (Wildman–Crippen LogP) is 4.17. The van der Waals surface area contributed by atoms with Crippen molar-refractivity contribution in [3.8, 4) is 0 Å². The molecule has 0 amide bonds. The smallest absolute Gasteiger partial charge is 0.193 e. The van der Waals surface area contributed by atoms with E-state index in [-0.39, 0.29) is 48.5 Å². The van der Waals surface area contributed by atoms with E-state index in [1.807, 2.05) is 26.0 Å². The third-order valence-corrected chi connectivity index (χ3v) is 3.20. The van der Waals surface area contributed by atoms with Crippen LogP contribution in [-0.4, -0.2) is 12.5 Å². The van der Waals surface area contributed by atoms with E-state index in [9.17, 15) is 8.78 Å². The third-order valence-electron chi connectivity index (χ3n) is 3.20. The van der Waals surface area contributed by atoms with Crippen LogP contribution in [0.1, 0.15) is 16.7 Å². The van der Waals surface area contributed by atoms with Gasteiger partial charge in [-0.2, -0.15) is 0 Å². The molecule has 0 radical (unpaired) electrons. The van der Waals surface area contributed by atoms with Crippen LogP contribution in [0.2, 0.25) is 0 Å². The molecule has 23 heavy (non-hydrogen) atoms. The molecule has 0 heterocycles. The summed E-state index contributed by atoms with van der Waals surface area (Å²) >= 11 is 0. The van der Waals surface area contributed by atoms with Crippen molar-refractivity contribution in [1.82, 2.24) is 0 Å². The van der Waals surface area contributed by atoms with Gasteiger partial charge >= 0.3 is 0 Å². The number of nitrogens with one attached hydrogen (secondary N) is 1. The van der Waals surface area contributed by atoms with Gasteiger partial charge in [0.05, 0.1) is 0 Å². The number of aryl methyl sites for hydroxylation is 2. The number of hydrogen-bond acceptors (Lipinski definition) is 1. The van der Waals surface area contributed by atoms with Crippen molar-refractivity contribution in [3.63, 3.8) is 0 Å². The van der Waals surface area contributed by atoms with Crippen molar-refractivity contribution in [2.45, 2.75) is 20.3 Å². The topological polar surface area (TPSA) is 50.4 Å². The van der Waals surface area contributed by atoms with E-state index in [1.165, 1.54) is 18.2 Å². The zero-order valence-corrected chi connectivity index (χ0v) is 15.4. The Bertz CT molecular complexity index is 662. The highest BCUT2D eigenvalue weighted by atomic mass is 127. The Morgan fingerprint density at radius 2 is 1.65 bits per heavy atom. The molecule has 0 atom stereocenters. The number of benzene rings is 2. The Morgan fingerprint density at radius 3 is 2.22 bits per heavy atom. The van der Waals surface area contributed by atoms with Crippen LogP contribution in [0.25, 0.3) is 0 Å². The molecule has 2 aromatic rings. The molecule has 0 fully saturated rings. The molecule has 0 bridgehead atoms. The minimum Gasteiger partial charge on any atom is -0.370 e. The minimum atomic E-state index is -0.559. The molecule has 0 aliphatic rings. The summed E-state index contributed by atoms with van der Waals surface area (Å²) in [6, 6.07) is 9.77. The van der Waals surface area contributed by atoms with Crippen molar-refractivity contribution in [2.75, 3.05) is 11.9 Å². The zero-order chi connectivity index (χ0) is 16.1. The van der Waals surface area contributed by atoms with Gasteiger partial charge in [0.1, 0.15) is 11.6 Å². The van der Waals surface area contributed by atoms with E-state index in [1.54, 1.807) is 0 Å². The summed E-state index contributed by atoms with van der Waals surface area (Å²) in [5.41, 5.74) is 8.90. The number of rotatable bonds is 4. The lowest BCUT2D eigenvalue weighted by molar-refractivity contribution is 0.556. The molecule has 3 N–H and O–H groups in total. The summed E-state index contributed by atoms with van der Waals surface area (Å²) in [7, 11) is 0. The zero-order valence-electron chi connectivity index (χ0n) is 13.1. The third kappa shape index (κ3) is 5.78. The molecule has 3 nitrogen and oxygen atoms in total. The fraction of sp³-hybridized carbons (Fsp3) is 0.235. The van der Waals surface area contributed by atoms with E-state index in [4.69, 9.17) is 5.73 Å². The van der Waals surface area contributed by atoms with Gasteiger partial charge in [-0.1, -0.05) is 12.1 Å². The molecular weight excluding hydrogens is 411 g/mol. The summed E-state index contributed by atoms with van der Waals surface area (Å²) < 4.78 is 27.0. The second kappa shape index (κ2) is 8.81. The van der Waals surface area contributed by atoms with E-state index in [0.717, 1.165) is 16.8 Å². The number of guanidine groups is 1. The normalized spacial score (nSPS) is 11.0. The molecule has 0 saturated carbocycles. The van der Waals surface area contributed by atoms with Crippen LogP contribution >= 0.6 is 24.0 Å². The molecule has 0 spiro atoms. The number of nitrogens with zero attached hydrogens (tertiary/aromatic N) is 1. The monoisotopic (exact) mass is 431 g/mol. The standard InChI is InChI=1S/C17H19F2N3.HI/c1-11-8-12(2)10-13(9-11)22-17(20)21-7-6-14-15(18)4-3-5-16(14)19;/h3-5,8-10H,6-7H2,1-2H3,(H3,20,21,22);1H. The van der Waals surface area contributed by atoms with E-state index in [2.05, 4.69) is 16.4 Å². The van der Waals surface area contributed by atoms with Crippen LogP contribution in [-0.2, 0) is 6.42 Å². The number of halogens is 3. The molecule has 0 unspecified atom stereocenters. The molecule has 0 aliphatic heterocycles. The van der Waals surface area contributed by atoms with Gasteiger partial charge in [-0.15, -0.1) is 24.0 Å². The summed E-state index contributed by atoms with van der Waals surface area (Å²) in [5.74, 6) is -0.895. The van der Waals surface area contributed by atoms with Gasteiger partial charge in [0.2, 0.25) is 0 Å². The molecular formula is C17H20F2IN3. The van der Waals surface area contributed by atoms with Gasteiger partial charge in [-0.3, -0.25) is 4.99 Å². The molecule has 6 heteroatoms. The van der Waals surface area contributed by atoms with Crippen LogP contribution in [0.4, 0.5) is 14.5 Å². The van der Waals surface area contributed by atoms with Crippen molar-refractivity contribution in [3.05, 3.63) is 64.7 Å². The molecule has 0 saturated heterocycles. The highest BCUT2D eigenvalue weighted by Gasteiger charge is 2.07. The first kappa shape index (κ1) is 19.3. The van der Waals surface area contributed by atoms with Crippen molar-refractivity contribution >= 4 is 35.6 Å². The predicted molar refractivity (Wildman–Crippen MR) is 102 cm³/mol. The van der Waals surface area contributed by atoms with Gasteiger partial charge < -0.3 is 11.1 Å². The first-order chi connectivity index (χ1) is 10.5. The summed E-state index contributed by atoms with van der Waals surface area (Å²) in [6.45, 7) is 4.19. The fourth-order valence-electron chi connectivity index (χ4n) is 2.29. The number of anilines is 1. The maximum absolute atomic E-state index is 13.5. The minimum absolute atomic E-state index is 0. The second-order valence-electron chi connectivity index (χ2n) is 5.22. The van der Waals surface area contributed by atoms with Gasteiger partial charge in [0, 0.05) is 17.8 Å². The molecule has 0 aliphatic carbocycles. The number of aliphatic imine (C=N–C) groups is 1. The van der Waals surface area contributed by atoms with Crippen LogP contribution < -0.4 is 11.1 Å². The Hall–Kier alpha value is -1.70. The van der Waals surface area contributed by atoms with Crippen LogP contribution in [0.15, 0.2) is 41.4 Å². The quantitative estimate of drug-likeness (QED) is 0.434. The van der Waals surface area contributed by atoms with Gasteiger partial charge in [0.15, 0.2) is 5.96 Å². The van der Waals surface area contributed by atoms with Crippen LogP contribution in [0, 0.1) is 25.5 Å². The number of hydrogen-bond donors (Lipinski definition) is 2. The lowest BCUT2D eigenvalue weighted by atomic mass is 10.1. The lowest BCUT2D eigenvalue weighted by Crippen LogP contribution is -2.23. The average molecular weight is 431 g/mol.